The molecule has 2 amide bonds. The van der Waals surface area contributed by atoms with Gasteiger partial charge in [0.25, 0.3) is 5.91 Å². The zero-order valence-electron chi connectivity index (χ0n) is 14.9. The summed E-state index contributed by atoms with van der Waals surface area (Å²) in [7, 11) is 0. The highest BCUT2D eigenvalue weighted by atomic mass is 16.5. The number of alkyl carbamates (subject to hydrolysis) is 1. The molecule has 0 aliphatic carbocycles. The molecule has 0 aliphatic rings. The lowest BCUT2D eigenvalue weighted by molar-refractivity contribution is -0.123. The highest BCUT2D eigenvalue weighted by Crippen LogP contribution is 2.19. The zero-order valence-corrected chi connectivity index (χ0v) is 14.9. The van der Waals surface area contributed by atoms with E-state index in [0.29, 0.717) is 18.7 Å². The van der Waals surface area contributed by atoms with Crippen LogP contribution >= 0.6 is 0 Å². The van der Waals surface area contributed by atoms with Crippen molar-refractivity contribution in [1.29, 1.82) is 0 Å². The molecule has 27 heavy (non-hydrogen) atoms. The molecule has 0 heterocycles. The lowest BCUT2D eigenvalue weighted by atomic mass is 10.2. The van der Waals surface area contributed by atoms with Gasteiger partial charge in [0, 0.05) is 12.1 Å². The third-order valence-corrected chi connectivity index (χ3v) is 3.53. The molecule has 2 aromatic carbocycles. The Bertz CT molecular complexity index is 763. The minimum atomic E-state index is -0.455. The van der Waals surface area contributed by atoms with Crippen molar-refractivity contribution >= 4 is 18.1 Å². The molecule has 0 saturated carbocycles. The summed E-state index contributed by atoms with van der Waals surface area (Å²) in [5.41, 5.74) is 3.78. The van der Waals surface area contributed by atoms with Crippen LogP contribution in [0.1, 0.15) is 17.5 Å². The van der Waals surface area contributed by atoms with Gasteiger partial charge >= 0.3 is 6.09 Å². The van der Waals surface area contributed by atoms with Gasteiger partial charge in [-0.25, -0.2) is 10.6 Å². The number of rotatable bonds is 9. The summed E-state index contributed by atoms with van der Waals surface area (Å²) in [6.07, 6.45) is 3.94. The van der Waals surface area contributed by atoms with Crippen LogP contribution in [0, 0.1) is 0 Å². The summed E-state index contributed by atoms with van der Waals surface area (Å²) in [6, 6.07) is 16.8. The van der Waals surface area contributed by atoms with Gasteiger partial charge in [0.05, 0.1) is 0 Å². The van der Waals surface area contributed by atoms with Crippen LogP contribution in [0.5, 0.6) is 5.75 Å². The number of hydrazine groups is 1. The van der Waals surface area contributed by atoms with Crippen LogP contribution in [0.3, 0.4) is 0 Å². The first-order valence-corrected chi connectivity index (χ1v) is 8.51. The fourth-order valence-corrected chi connectivity index (χ4v) is 2.18. The summed E-state index contributed by atoms with van der Waals surface area (Å²) in [4.78, 5) is 22.8. The topological polar surface area (TPSA) is 103 Å². The first-order valence-electron chi connectivity index (χ1n) is 8.51. The van der Waals surface area contributed by atoms with Crippen LogP contribution < -0.4 is 21.3 Å². The Balaban J connectivity index is 1.71. The normalized spacial score (nSPS) is 10.4. The van der Waals surface area contributed by atoms with Gasteiger partial charge in [-0.2, -0.15) is 0 Å². The van der Waals surface area contributed by atoms with Gasteiger partial charge in [-0.05, 0) is 18.1 Å². The molecule has 4 N–H and O–H groups in total. The third-order valence-electron chi connectivity index (χ3n) is 3.53. The van der Waals surface area contributed by atoms with Crippen LogP contribution in [0.25, 0.3) is 6.08 Å². The summed E-state index contributed by atoms with van der Waals surface area (Å²) >= 11 is 0. The van der Waals surface area contributed by atoms with Crippen LogP contribution in [0.4, 0.5) is 4.79 Å². The van der Waals surface area contributed by atoms with Gasteiger partial charge in [0.15, 0.2) is 6.61 Å². The monoisotopic (exact) mass is 369 g/mol. The van der Waals surface area contributed by atoms with Crippen molar-refractivity contribution in [3.8, 4) is 5.75 Å². The molecule has 0 saturated heterocycles. The number of benzene rings is 2. The number of hydrogen-bond donors (Lipinski definition) is 3. The van der Waals surface area contributed by atoms with Crippen molar-refractivity contribution in [3.63, 3.8) is 0 Å². The van der Waals surface area contributed by atoms with E-state index in [1.807, 2.05) is 66.1 Å². The molecule has 0 spiro atoms. The van der Waals surface area contributed by atoms with Crippen molar-refractivity contribution in [2.75, 3.05) is 13.2 Å². The number of nitrogens with one attached hydrogen (secondary N) is 2. The van der Waals surface area contributed by atoms with Gasteiger partial charge < -0.3 is 14.8 Å². The molecule has 2 aromatic rings. The highest BCUT2D eigenvalue weighted by molar-refractivity contribution is 5.77. The number of ether oxygens (including phenoxy) is 2. The molecule has 7 nitrogen and oxygen atoms in total. The summed E-state index contributed by atoms with van der Waals surface area (Å²) < 4.78 is 10.6. The predicted octanol–water partition coefficient (Wildman–Crippen LogP) is 2.38. The smallest absolute Gasteiger partial charge is 0.407 e. The number of carbonyl (C=O) groups is 2. The van der Waals surface area contributed by atoms with Crippen molar-refractivity contribution < 1.29 is 19.1 Å². The molecular weight excluding hydrogens is 346 g/mol. The molecule has 0 bridgehead atoms. The van der Waals surface area contributed by atoms with Crippen molar-refractivity contribution in [2.45, 2.75) is 13.0 Å². The van der Waals surface area contributed by atoms with E-state index in [2.05, 4.69) is 5.32 Å². The van der Waals surface area contributed by atoms with E-state index in [9.17, 15) is 9.59 Å². The van der Waals surface area contributed by atoms with Crippen LogP contribution in [-0.4, -0.2) is 25.2 Å². The maximum atomic E-state index is 11.7. The van der Waals surface area contributed by atoms with E-state index in [1.54, 1.807) is 6.07 Å². The Morgan fingerprint density at radius 3 is 2.56 bits per heavy atom. The molecule has 0 atom stereocenters. The van der Waals surface area contributed by atoms with Gasteiger partial charge in [-0.15, -0.1) is 0 Å². The molecule has 142 valence electrons. The molecule has 2 rings (SSSR count). The summed E-state index contributed by atoms with van der Waals surface area (Å²) in [5.74, 6) is 5.19. The van der Waals surface area contributed by atoms with E-state index in [-0.39, 0.29) is 13.2 Å². The first kappa shape index (κ1) is 20.0. The lowest BCUT2D eigenvalue weighted by Crippen LogP contribution is -2.34. The number of carbonyl (C=O) groups excluding carboxylic acids is 2. The fraction of sp³-hybridized carbons (Fsp3) is 0.200. The molecule has 0 fully saturated rings. The Hall–Kier alpha value is -3.32. The van der Waals surface area contributed by atoms with Crippen molar-refractivity contribution in [3.05, 3.63) is 71.8 Å². The van der Waals surface area contributed by atoms with E-state index in [0.717, 1.165) is 11.1 Å². The maximum absolute atomic E-state index is 11.7. The second kappa shape index (κ2) is 11.3. The molecule has 0 unspecified atom stereocenters. The van der Waals surface area contributed by atoms with Gasteiger partial charge in [0.2, 0.25) is 0 Å². The zero-order chi connectivity index (χ0) is 19.3. The average Bonchev–Trinajstić information content (AvgIpc) is 2.71. The molecular formula is C20H23N3O4. The standard InChI is InChI=1S/C20H23N3O4/c21-23-19(24)15-26-18-12-5-4-10-17(18)11-6-7-13-22-20(25)27-14-16-8-2-1-3-9-16/h1-6,8-12H,7,13-15,21H2,(H,22,25)(H,23,24). The quantitative estimate of drug-likeness (QED) is 0.273. The molecule has 7 heteroatoms. The van der Waals surface area contributed by atoms with E-state index in [4.69, 9.17) is 15.3 Å². The molecule has 0 radical (unpaired) electrons. The summed E-state index contributed by atoms with van der Waals surface area (Å²) in [5, 5.41) is 2.69. The SMILES string of the molecule is NNC(=O)COc1ccccc1C=CCCNC(=O)OCc1ccccc1. The van der Waals surface area contributed by atoms with Crippen molar-refractivity contribution in [1.82, 2.24) is 10.7 Å². The predicted molar refractivity (Wildman–Crippen MR) is 103 cm³/mol. The Morgan fingerprint density at radius 2 is 1.78 bits per heavy atom. The third kappa shape index (κ3) is 7.62. The minimum Gasteiger partial charge on any atom is -0.483 e. The second-order valence-electron chi connectivity index (χ2n) is 5.57. The van der Waals surface area contributed by atoms with E-state index >= 15 is 0 Å². The number of para-hydroxylation sites is 1. The lowest BCUT2D eigenvalue weighted by Gasteiger charge is -2.08. The average molecular weight is 369 g/mol. The van der Waals surface area contributed by atoms with Gasteiger partial charge in [0.1, 0.15) is 12.4 Å². The highest BCUT2D eigenvalue weighted by Gasteiger charge is 2.04. The Kier molecular flexibility index (Phi) is 8.39. The largest absolute Gasteiger partial charge is 0.483 e. The van der Waals surface area contributed by atoms with Crippen LogP contribution in [0.2, 0.25) is 0 Å². The fourth-order valence-electron chi connectivity index (χ4n) is 2.18. The first-order chi connectivity index (χ1) is 13.2. The minimum absolute atomic E-state index is 0.157. The molecule has 0 aliphatic heterocycles. The van der Waals surface area contributed by atoms with Gasteiger partial charge in [-0.1, -0.05) is 60.7 Å². The van der Waals surface area contributed by atoms with Crippen LogP contribution in [0.15, 0.2) is 60.7 Å². The number of hydrogen-bond acceptors (Lipinski definition) is 5. The van der Waals surface area contributed by atoms with Crippen LogP contribution in [-0.2, 0) is 16.1 Å². The number of amides is 2. The maximum Gasteiger partial charge on any atom is 0.407 e. The second-order valence-corrected chi connectivity index (χ2v) is 5.57. The molecule has 0 aromatic heterocycles. The van der Waals surface area contributed by atoms with E-state index in [1.165, 1.54) is 0 Å². The van der Waals surface area contributed by atoms with E-state index < -0.39 is 12.0 Å². The van der Waals surface area contributed by atoms with Gasteiger partial charge in [-0.3, -0.25) is 10.2 Å². The number of nitrogens with two attached hydrogens (primary N) is 1. The van der Waals surface area contributed by atoms with Crippen molar-refractivity contribution in [2.24, 2.45) is 5.84 Å². The summed E-state index contributed by atoms with van der Waals surface area (Å²) in [6.45, 7) is 0.530. The Labute approximate surface area is 158 Å². The Morgan fingerprint density at radius 1 is 1.04 bits per heavy atom.